The quantitative estimate of drug-likeness (QED) is 0.690. The van der Waals surface area contributed by atoms with Gasteiger partial charge in [-0.05, 0) is 11.6 Å². The van der Waals surface area contributed by atoms with Crippen LogP contribution in [0.25, 0.3) is 0 Å². The van der Waals surface area contributed by atoms with Crippen LogP contribution in [-0.4, -0.2) is 17.4 Å². The molecule has 0 fully saturated rings. The maximum Gasteiger partial charge on any atom is 0.0692 e. The van der Waals surface area contributed by atoms with Crippen LogP contribution >= 0.6 is 11.8 Å². The molecule has 0 aliphatic rings. The van der Waals surface area contributed by atoms with Gasteiger partial charge in [0.2, 0.25) is 0 Å². The minimum atomic E-state index is 0.105. The summed E-state index contributed by atoms with van der Waals surface area (Å²) in [6.07, 6.45) is 0. The van der Waals surface area contributed by atoms with Crippen molar-refractivity contribution in [1.82, 2.24) is 0 Å². The Morgan fingerprint density at radius 1 is 1.33 bits per heavy atom. The van der Waals surface area contributed by atoms with Gasteiger partial charge < -0.3 is 10.8 Å². The summed E-state index contributed by atoms with van der Waals surface area (Å²) in [6, 6.07) is 7.83. The monoisotopic (exact) mass is 183 g/mol. The summed E-state index contributed by atoms with van der Waals surface area (Å²) in [7, 11) is 0. The van der Waals surface area contributed by atoms with Crippen LogP contribution < -0.4 is 5.73 Å². The van der Waals surface area contributed by atoms with Crippen LogP contribution in [0.4, 0.5) is 0 Å². The fourth-order valence-corrected chi connectivity index (χ4v) is 1.77. The van der Waals surface area contributed by atoms with E-state index in [1.165, 1.54) is 0 Å². The van der Waals surface area contributed by atoms with E-state index >= 15 is 0 Å². The molecule has 3 heteroatoms. The maximum absolute atomic E-state index is 8.97. The van der Waals surface area contributed by atoms with Gasteiger partial charge in [-0.25, -0.2) is 0 Å². The van der Waals surface area contributed by atoms with Crippen LogP contribution in [0.5, 0.6) is 0 Å². The average Bonchev–Trinajstić information content (AvgIpc) is 2.15. The Morgan fingerprint density at radius 3 is 2.75 bits per heavy atom. The van der Waals surface area contributed by atoms with Crippen LogP contribution in [0.3, 0.4) is 0 Å². The van der Waals surface area contributed by atoms with E-state index in [4.69, 9.17) is 10.8 Å². The minimum absolute atomic E-state index is 0.105. The van der Waals surface area contributed by atoms with Gasteiger partial charge in [0.15, 0.2) is 0 Å². The van der Waals surface area contributed by atoms with Crippen molar-refractivity contribution in [3.63, 3.8) is 0 Å². The van der Waals surface area contributed by atoms with E-state index in [-0.39, 0.29) is 6.61 Å². The normalized spacial score (nSPS) is 10.2. The number of rotatable bonds is 4. The molecule has 0 aliphatic carbocycles. The first-order valence-electron chi connectivity index (χ1n) is 3.90. The molecule has 0 amide bonds. The number of benzene rings is 1. The molecule has 0 aliphatic heterocycles. The third-order valence-electron chi connectivity index (χ3n) is 1.52. The summed E-state index contributed by atoms with van der Waals surface area (Å²) in [4.78, 5) is 1.13. The van der Waals surface area contributed by atoms with Crippen molar-refractivity contribution < 1.29 is 5.11 Å². The summed E-state index contributed by atoms with van der Waals surface area (Å²) >= 11 is 1.69. The molecule has 0 bridgehead atoms. The predicted molar refractivity (Wildman–Crippen MR) is 52.1 cm³/mol. The van der Waals surface area contributed by atoms with Crippen LogP contribution in [0.15, 0.2) is 29.2 Å². The lowest BCUT2D eigenvalue weighted by Gasteiger charge is -2.04. The molecular formula is C9H13NOS. The Hall–Kier alpha value is -0.510. The lowest BCUT2D eigenvalue weighted by molar-refractivity contribution is 0.279. The van der Waals surface area contributed by atoms with E-state index in [1.54, 1.807) is 11.8 Å². The first-order chi connectivity index (χ1) is 5.88. The fraction of sp³-hybridized carbons (Fsp3) is 0.333. The van der Waals surface area contributed by atoms with Crippen molar-refractivity contribution in [3.8, 4) is 0 Å². The largest absolute Gasteiger partial charge is 0.392 e. The number of hydrogen-bond acceptors (Lipinski definition) is 3. The standard InChI is InChI=1S/C9H13NOS/c10-5-6-12-9-4-2-1-3-8(9)7-11/h1-4,11H,5-7,10H2. The Bertz CT molecular complexity index is 240. The fourth-order valence-electron chi connectivity index (χ4n) is 0.944. The van der Waals surface area contributed by atoms with Crippen molar-refractivity contribution in [2.24, 2.45) is 5.73 Å². The summed E-state index contributed by atoms with van der Waals surface area (Å²) in [5.41, 5.74) is 6.37. The Kier molecular flexibility index (Phi) is 4.14. The molecule has 0 atom stereocenters. The molecular weight excluding hydrogens is 170 g/mol. The van der Waals surface area contributed by atoms with Gasteiger partial charge in [-0.3, -0.25) is 0 Å². The highest BCUT2D eigenvalue weighted by atomic mass is 32.2. The zero-order chi connectivity index (χ0) is 8.81. The molecule has 66 valence electrons. The molecule has 1 aromatic carbocycles. The lowest BCUT2D eigenvalue weighted by Crippen LogP contribution is -2.01. The lowest BCUT2D eigenvalue weighted by atomic mass is 10.2. The van der Waals surface area contributed by atoms with Crippen molar-refractivity contribution in [2.45, 2.75) is 11.5 Å². The smallest absolute Gasteiger partial charge is 0.0692 e. The van der Waals surface area contributed by atoms with Crippen LogP contribution in [0.1, 0.15) is 5.56 Å². The molecule has 0 saturated heterocycles. The zero-order valence-electron chi connectivity index (χ0n) is 6.86. The SMILES string of the molecule is NCCSc1ccccc1CO. The first-order valence-corrected chi connectivity index (χ1v) is 4.88. The Morgan fingerprint density at radius 2 is 2.08 bits per heavy atom. The van der Waals surface area contributed by atoms with Gasteiger partial charge in [-0.1, -0.05) is 18.2 Å². The molecule has 0 heterocycles. The Balaban J connectivity index is 2.68. The topological polar surface area (TPSA) is 46.2 Å². The zero-order valence-corrected chi connectivity index (χ0v) is 7.68. The Labute approximate surface area is 76.8 Å². The number of aliphatic hydroxyl groups is 1. The summed E-state index contributed by atoms with van der Waals surface area (Å²) in [6.45, 7) is 0.776. The number of thioether (sulfide) groups is 1. The molecule has 0 aromatic heterocycles. The molecule has 0 spiro atoms. The van der Waals surface area contributed by atoms with Crippen LogP contribution in [0, 0.1) is 0 Å². The van der Waals surface area contributed by atoms with Crippen molar-refractivity contribution in [1.29, 1.82) is 0 Å². The van der Waals surface area contributed by atoms with E-state index in [9.17, 15) is 0 Å². The average molecular weight is 183 g/mol. The van der Waals surface area contributed by atoms with Gasteiger partial charge in [0.1, 0.15) is 0 Å². The van der Waals surface area contributed by atoms with E-state index in [2.05, 4.69) is 0 Å². The number of hydrogen-bond donors (Lipinski definition) is 2. The van der Waals surface area contributed by atoms with E-state index < -0.39 is 0 Å². The molecule has 3 N–H and O–H groups in total. The molecule has 0 unspecified atom stereocenters. The van der Waals surface area contributed by atoms with Gasteiger partial charge in [0, 0.05) is 17.2 Å². The third kappa shape index (κ3) is 2.52. The van der Waals surface area contributed by atoms with E-state index in [0.29, 0.717) is 6.54 Å². The second-order valence-corrected chi connectivity index (χ2v) is 3.54. The van der Waals surface area contributed by atoms with Gasteiger partial charge in [0.25, 0.3) is 0 Å². The first kappa shape index (κ1) is 9.58. The number of nitrogens with two attached hydrogens (primary N) is 1. The van der Waals surface area contributed by atoms with Gasteiger partial charge in [-0.2, -0.15) is 0 Å². The van der Waals surface area contributed by atoms with Crippen molar-refractivity contribution >= 4 is 11.8 Å². The van der Waals surface area contributed by atoms with Gasteiger partial charge in [0.05, 0.1) is 6.61 Å². The number of aliphatic hydroxyl groups excluding tert-OH is 1. The summed E-state index contributed by atoms with van der Waals surface area (Å²) in [5, 5.41) is 8.97. The van der Waals surface area contributed by atoms with Crippen LogP contribution in [-0.2, 0) is 6.61 Å². The van der Waals surface area contributed by atoms with Crippen molar-refractivity contribution in [2.75, 3.05) is 12.3 Å². The van der Waals surface area contributed by atoms with Crippen molar-refractivity contribution in [3.05, 3.63) is 29.8 Å². The molecule has 1 aromatic rings. The van der Waals surface area contributed by atoms with Gasteiger partial charge >= 0.3 is 0 Å². The predicted octanol–water partition coefficient (Wildman–Crippen LogP) is 1.23. The third-order valence-corrected chi connectivity index (χ3v) is 2.67. The minimum Gasteiger partial charge on any atom is -0.392 e. The second kappa shape index (κ2) is 5.19. The van der Waals surface area contributed by atoms with E-state index in [0.717, 1.165) is 16.2 Å². The van der Waals surface area contributed by atoms with E-state index in [1.807, 2.05) is 24.3 Å². The second-order valence-electron chi connectivity index (χ2n) is 2.40. The summed E-state index contributed by atoms with van der Waals surface area (Å²) < 4.78 is 0. The molecule has 2 nitrogen and oxygen atoms in total. The van der Waals surface area contributed by atoms with Gasteiger partial charge in [-0.15, -0.1) is 11.8 Å². The molecule has 0 radical (unpaired) electrons. The molecule has 12 heavy (non-hydrogen) atoms. The highest BCUT2D eigenvalue weighted by Crippen LogP contribution is 2.21. The molecule has 1 rings (SSSR count). The molecule has 0 saturated carbocycles. The van der Waals surface area contributed by atoms with Crippen LogP contribution in [0.2, 0.25) is 0 Å². The highest BCUT2D eigenvalue weighted by Gasteiger charge is 1.98. The maximum atomic E-state index is 8.97. The summed E-state index contributed by atoms with van der Waals surface area (Å²) in [5.74, 6) is 0.900. The highest BCUT2D eigenvalue weighted by molar-refractivity contribution is 7.99.